The van der Waals surface area contributed by atoms with Crippen LogP contribution < -0.4 is 4.90 Å². The normalized spacial score (nSPS) is 10.3. The topological polar surface area (TPSA) is 40.5 Å². The molecule has 3 nitrogen and oxygen atoms in total. The molecule has 0 radical (unpaired) electrons. The number of nitrogens with zero attached hydrogens (tertiary/aromatic N) is 1. The predicted octanol–water partition coefficient (Wildman–Crippen LogP) is 2.98. The van der Waals surface area contributed by atoms with Gasteiger partial charge in [-0.05, 0) is 23.6 Å². The molecule has 5 heteroatoms. The molecule has 0 amide bonds. The molecule has 1 heterocycles. The van der Waals surface area contributed by atoms with E-state index in [1.807, 2.05) is 17.5 Å². The summed E-state index contributed by atoms with van der Waals surface area (Å²) < 4.78 is 13.7. The molecule has 0 fully saturated rings. The Morgan fingerprint density at radius 3 is 2.67 bits per heavy atom. The fraction of sp³-hybridized carbons (Fsp3) is 0.154. The van der Waals surface area contributed by atoms with E-state index in [0.717, 1.165) is 4.88 Å². The summed E-state index contributed by atoms with van der Waals surface area (Å²) in [6.07, 6.45) is 0. The Labute approximate surface area is 108 Å². The highest BCUT2D eigenvalue weighted by atomic mass is 32.1. The molecule has 0 aliphatic carbocycles. The number of rotatable bonds is 5. The molecule has 1 aromatic carbocycles. The highest BCUT2D eigenvalue weighted by Crippen LogP contribution is 2.22. The first kappa shape index (κ1) is 12.6. The summed E-state index contributed by atoms with van der Waals surface area (Å²) in [6.45, 7) is 0.170. The number of hydrogen-bond acceptors (Lipinski definition) is 3. The van der Waals surface area contributed by atoms with Crippen LogP contribution in [0.25, 0.3) is 0 Å². The average molecular weight is 265 g/mol. The van der Waals surface area contributed by atoms with Gasteiger partial charge in [-0.15, -0.1) is 11.3 Å². The molecule has 0 bridgehead atoms. The molecule has 0 saturated carbocycles. The first-order valence-electron chi connectivity index (χ1n) is 5.40. The van der Waals surface area contributed by atoms with Crippen molar-refractivity contribution in [1.29, 1.82) is 0 Å². The van der Waals surface area contributed by atoms with E-state index in [4.69, 9.17) is 5.11 Å². The third-order valence-electron chi connectivity index (χ3n) is 2.45. The van der Waals surface area contributed by atoms with Gasteiger partial charge in [-0.3, -0.25) is 4.79 Å². The summed E-state index contributed by atoms with van der Waals surface area (Å²) in [5, 5.41) is 10.8. The molecule has 18 heavy (non-hydrogen) atoms. The van der Waals surface area contributed by atoms with Crippen molar-refractivity contribution in [2.45, 2.75) is 6.54 Å². The van der Waals surface area contributed by atoms with Crippen molar-refractivity contribution in [3.8, 4) is 0 Å². The van der Waals surface area contributed by atoms with Crippen LogP contribution in [0.5, 0.6) is 0 Å². The number of carboxylic acids is 1. The standard InChI is InChI=1S/C13H12FNO2S/c14-11-5-1-2-6-12(11)15(9-13(16)17)8-10-4-3-7-18-10/h1-7H,8-9H2,(H,16,17). The molecule has 1 aromatic heterocycles. The SMILES string of the molecule is O=C(O)CN(Cc1cccs1)c1ccccc1F. The van der Waals surface area contributed by atoms with Crippen molar-refractivity contribution in [3.05, 3.63) is 52.5 Å². The van der Waals surface area contributed by atoms with Gasteiger partial charge in [0.25, 0.3) is 0 Å². The van der Waals surface area contributed by atoms with E-state index >= 15 is 0 Å². The van der Waals surface area contributed by atoms with Crippen molar-refractivity contribution >= 4 is 23.0 Å². The van der Waals surface area contributed by atoms with E-state index in [0.29, 0.717) is 12.2 Å². The zero-order valence-electron chi connectivity index (χ0n) is 9.54. The summed E-state index contributed by atoms with van der Waals surface area (Å²) >= 11 is 1.52. The molecule has 2 rings (SSSR count). The van der Waals surface area contributed by atoms with Gasteiger partial charge in [0.05, 0.1) is 12.2 Å². The van der Waals surface area contributed by atoms with Crippen molar-refractivity contribution in [2.75, 3.05) is 11.4 Å². The zero-order chi connectivity index (χ0) is 13.0. The Bertz CT molecular complexity index is 528. The van der Waals surface area contributed by atoms with Gasteiger partial charge in [0.2, 0.25) is 0 Å². The molecule has 0 aliphatic rings. The van der Waals surface area contributed by atoms with Crippen LogP contribution in [-0.4, -0.2) is 17.6 Å². The van der Waals surface area contributed by atoms with Crippen LogP contribution in [0, 0.1) is 5.82 Å². The minimum absolute atomic E-state index is 0.223. The van der Waals surface area contributed by atoms with E-state index in [-0.39, 0.29) is 6.54 Å². The Morgan fingerprint density at radius 2 is 2.06 bits per heavy atom. The lowest BCUT2D eigenvalue weighted by atomic mass is 10.2. The van der Waals surface area contributed by atoms with Gasteiger partial charge in [-0.1, -0.05) is 18.2 Å². The van der Waals surface area contributed by atoms with Crippen molar-refractivity contribution in [1.82, 2.24) is 0 Å². The van der Waals surface area contributed by atoms with Crippen molar-refractivity contribution in [2.24, 2.45) is 0 Å². The molecule has 0 unspecified atom stereocenters. The fourth-order valence-electron chi connectivity index (χ4n) is 1.69. The quantitative estimate of drug-likeness (QED) is 0.903. The maximum absolute atomic E-state index is 13.7. The van der Waals surface area contributed by atoms with Gasteiger partial charge in [0, 0.05) is 4.88 Å². The lowest BCUT2D eigenvalue weighted by Gasteiger charge is -2.22. The summed E-state index contributed by atoms with van der Waals surface area (Å²) in [7, 11) is 0. The molecule has 0 atom stereocenters. The Hall–Kier alpha value is -1.88. The lowest BCUT2D eigenvalue weighted by Crippen LogP contribution is -2.29. The zero-order valence-corrected chi connectivity index (χ0v) is 10.4. The minimum Gasteiger partial charge on any atom is -0.480 e. The largest absolute Gasteiger partial charge is 0.480 e. The predicted molar refractivity (Wildman–Crippen MR) is 69.4 cm³/mol. The highest BCUT2D eigenvalue weighted by Gasteiger charge is 2.15. The van der Waals surface area contributed by atoms with Gasteiger partial charge < -0.3 is 10.0 Å². The number of aliphatic carboxylic acids is 1. The van der Waals surface area contributed by atoms with Crippen LogP contribution >= 0.6 is 11.3 Å². The number of halogens is 1. The molecule has 0 aliphatic heterocycles. The summed E-state index contributed by atoms with van der Waals surface area (Å²) in [4.78, 5) is 13.4. The number of para-hydroxylation sites is 1. The van der Waals surface area contributed by atoms with Gasteiger partial charge in [-0.25, -0.2) is 4.39 Å². The van der Waals surface area contributed by atoms with Gasteiger partial charge >= 0.3 is 5.97 Å². The molecule has 1 N–H and O–H groups in total. The smallest absolute Gasteiger partial charge is 0.323 e. The number of anilines is 1. The van der Waals surface area contributed by atoms with Crippen LogP contribution in [0.2, 0.25) is 0 Å². The van der Waals surface area contributed by atoms with Gasteiger partial charge in [-0.2, -0.15) is 0 Å². The Kier molecular flexibility index (Phi) is 3.94. The van der Waals surface area contributed by atoms with Crippen LogP contribution in [-0.2, 0) is 11.3 Å². The van der Waals surface area contributed by atoms with Gasteiger partial charge in [0.1, 0.15) is 12.4 Å². The number of carbonyl (C=O) groups is 1. The number of thiophene rings is 1. The first-order chi connectivity index (χ1) is 8.66. The molecular formula is C13H12FNO2S. The van der Waals surface area contributed by atoms with Crippen molar-refractivity contribution < 1.29 is 14.3 Å². The van der Waals surface area contributed by atoms with Gasteiger partial charge in [0.15, 0.2) is 0 Å². The number of hydrogen-bond donors (Lipinski definition) is 1. The second-order valence-corrected chi connectivity index (χ2v) is 4.81. The van der Waals surface area contributed by atoms with Crippen LogP contribution in [0.3, 0.4) is 0 Å². The van der Waals surface area contributed by atoms with E-state index in [1.165, 1.54) is 22.3 Å². The second-order valence-electron chi connectivity index (χ2n) is 3.78. The first-order valence-corrected chi connectivity index (χ1v) is 6.28. The number of carboxylic acid groups (broad SMARTS) is 1. The molecular weight excluding hydrogens is 253 g/mol. The Morgan fingerprint density at radius 1 is 1.28 bits per heavy atom. The lowest BCUT2D eigenvalue weighted by molar-refractivity contribution is -0.135. The van der Waals surface area contributed by atoms with Crippen LogP contribution in [0.4, 0.5) is 10.1 Å². The fourth-order valence-corrected chi connectivity index (χ4v) is 2.41. The maximum atomic E-state index is 13.7. The van der Waals surface area contributed by atoms with E-state index in [2.05, 4.69) is 0 Å². The third kappa shape index (κ3) is 3.07. The molecule has 2 aromatic rings. The monoisotopic (exact) mass is 265 g/mol. The summed E-state index contributed by atoms with van der Waals surface area (Å²) in [5.74, 6) is -1.38. The molecule has 94 valence electrons. The molecule has 0 saturated heterocycles. The van der Waals surface area contributed by atoms with E-state index in [1.54, 1.807) is 18.2 Å². The second kappa shape index (κ2) is 5.64. The Balaban J connectivity index is 2.25. The average Bonchev–Trinajstić information content (AvgIpc) is 2.81. The minimum atomic E-state index is -0.977. The van der Waals surface area contributed by atoms with Crippen LogP contribution in [0.1, 0.15) is 4.88 Å². The van der Waals surface area contributed by atoms with Crippen LogP contribution in [0.15, 0.2) is 41.8 Å². The van der Waals surface area contributed by atoms with E-state index < -0.39 is 11.8 Å². The van der Waals surface area contributed by atoms with Crippen molar-refractivity contribution in [3.63, 3.8) is 0 Å². The highest BCUT2D eigenvalue weighted by molar-refractivity contribution is 7.09. The number of benzene rings is 1. The third-order valence-corrected chi connectivity index (χ3v) is 3.31. The summed E-state index contributed by atoms with van der Waals surface area (Å²) in [6, 6.07) is 10.00. The maximum Gasteiger partial charge on any atom is 0.323 e. The summed E-state index contributed by atoms with van der Waals surface area (Å²) in [5.41, 5.74) is 0.313. The molecule has 0 spiro atoms. The van der Waals surface area contributed by atoms with E-state index in [9.17, 15) is 9.18 Å².